The molecule has 0 spiro atoms. The minimum Gasteiger partial charge on any atom is -0.496 e. The van der Waals surface area contributed by atoms with Gasteiger partial charge < -0.3 is 14.8 Å². The molecule has 162 valence electrons. The van der Waals surface area contributed by atoms with E-state index >= 15 is 0 Å². The smallest absolute Gasteiger partial charge is 0.251 e. The Labute approximate surface area is 186 Å². The van der Waals surface area contributed by atoms with E-state index in [2.05, 4.69) is 11.4 Å². The van der Waals surface area contributed by atoms with Crippen LogP contribution in [0.4, 0.5) is 4.39 Å². The van der Waals surface area contributed by atoms with Crippen molar-refractivity contribution in [3.63, 3.8) is 0 Å². The van der Waals surface area contributed by atoms with Crippen LogP contribution in [0, 0.1) is 5.82 Å². The van der Waals surface area contributed by atoms with E-state index < -0.39 is 0 Å². The molecule has 0 radical (unpaired) electrons. The van der Waals surface area contributed by atoms with Crippen LogP contribution in [-0.4, -0.2) is 13.0 Å². The normalized spacial score (nSPS) is 11.7. The molecule has 1 amide bonds. The van der Waals surface area contributed by atoms with Crippen LogP contribution in [0.3, 0.4) is 0 Å². The van der Waals surface area contributed by atoms with E-state index in [9.17, 15) is 9.18 Å². The number of fused-ring (bicyclic) bond motifs is 1. The van der Waals surface area contributed by atoms with Gasteiger partial charge in [0, 0.05) is 11.1 Å². The van der Waals surface area contributed by atoms with Gasteiger partial charge in [-0.3, -0.25) is 4.79 Å². The molecular formula is C27H24FNO3. The van der Waals surface area contributed by atoms with E-state index in [-0.39, 0.29) is 24.4 Å². The SMILES string of the molecule is COc1ccc(C(=O)N[C@H](C)c2ccc(F)cc2)cc1COc1ccc2ccccc2c1. The molecule has 1 N–H and O–H groups in total. The predicted molar refractivity (Wildman–Crippen MR) is 124 cm³/mol. The fraction of sp³-hybridized carbons (Fsp3) is 0.148. The second kappa shape index (κ2) is 9.52. The number of halogens is 1. The topological polar surface area (TPSA) is 47.6 Å². The van der Waals surface area contributed by atoms with Gasteiger partial charge >= 0.3 is 0 Å². The molecule has 4 rings (SSSR count). The van der Waals surface area contributed by atoms with Crippen LogP contribution in [0.15, 0.2) is 84.9 Å². The number of rotatable bonds is 7. The van der Waals surface area contributed by atoms with Crippen molar-refractivity contribution in [3.8, 4) is 11.5 Å². The summed E-state index contributed by atoms with van der Waals surface area (Å²) in [5.74, 6) is 0.856. The molecule has 5 heteroatoms. The molecule has 4 aromatic carbocycles. The Kier molecular flexibility index (Phi) is 6.36. The molecule has 0 aliphatic carbocycles. The average Bonchev–Trinajstić information content (AvgIpc) is 2.82. The second-order valence-corrected chi connectivity index (χ2v) is 7.57. The summed E-state index contributed by atoms with van der Waals surface area (Å²) in [7, 11) is 1.59. The third-order valence-corrected chi connectivity index (χ3v) is 5.38. The summed E-state index contributed by atoms with van der Waals surface area (Å²) in [4.78, 5) is 12.8. The summed E-state index contributed by atoms with van der Waals surface area (Å²) in [6.07, 6.45) is 0. The second-order valence-electron chi connectivity index (χ2n) is 7.57. The highest BCUT2D eigenvalue weighted by Crippen LogP contribution is 2.25. The van der Waals surface area contributed by atoms with Crippen LogP contribution in [0.25, 0.3) is 10.8 Å². The van der Waals surface area contributed by atoms with Crippen LogP contribution in [-0.2, 0) is 6.61 Å². The first kappa shape index (κ1) is 21.4. The fourth-order valence-electron chi connectivity index (χ4n) is 3.57. The molecule has 0 bridgehead atoms. The van der Waals surface area contributed by atoms with Crippen molar-refractivity contribution < 1.29 is 18.7 Å². The highest BCUT2D eigenvalue weighted by molar-refractivity contribution is 5.94. The van der Waals surface area contributed by atoms with Gasteiger partial charge in [0.25, 0.3) is 5.91 Å². The van der Waals surface area contributed by atoms with Gasteiger partial charge in [0.2, 0.25) is 0 Å². The molecule has 0 aliphatic heterocycles. The van der Waals surface area contributed by atoms with Gasteiger partial charge in [-0.15, -0.1) is 0 Å². The zero-order chi connectivity index (χ0) is 22.5. The van der Waals surface area contributed by atoms with E-state index in [0.717, 1.165) is 27.6 Å². The van der Waals surface area contributed by atoms with Crippen molar-refractivity contribution in [3.05, 3.63) is 107 Å². The van der Waals surface area contributed by atoms with E-state index in [0.29, 0.717) is 11.3 Å². The lowest BCUT2D eigenvalue weighted by Gasteiger charge is -2.16. The van der Waals surface area contributed by atoms with Gasteiger partial charge in [-0.05, 0) is 65.7 Å². The van der Waals surface area contributed by atoms with Crippen molar-refractivity contribution in [1.82, 2.24) is 5.32 Å². The van der Waals surface area contributed by atoms with Crippen molar-refractivity contribution >= 4 is 16.7 Å². The number of nitrogens with one attached hydrogen (secondary N) is 1. The lowest BCUT2D eigenvalue weighted by atomic mass is 10.1. The summed E-state index contributed by atoms with van der Waals surface area (Å²) in [6, 6.07) is 25.1. The minimum absolute atomic E-state index is 0.226. The summed E-state index contributed by atoms with van der Waals surface area (Å²) < 4.78 is 24.6. The van der Waals surface area contributed by atoms with E-state index in [4.69, 9.17) is 9.47 Å². The molecule has 0 saturated heterocycles. The Bertz CT molecular complexity index is 1240. The Balaban J connectivity index is 1.48. The average molecular weight is 429 g/mol. The zero-order valence-electron chi connectivity index (χ0n) is 18.0. The lowest BCUT2D eigenvalue weighted by molar-refractivity contribution is 0.0939. The van der Waals surface area contributed by atoms with E-state index in [1.165, 1.54) is 12.1 Å². The number of amides is 1. The van der Waals surface area contributed by atoms with Crippen LogP contribution >= 0.6 is 0 Å². The predicted octanol–water partition coefficient (Wildman–Crippen LogP) is 6.06. The summed E-state index contributed by atoms with van der Waals surface area (Å²) in [5, 5.41) is 5.19. The van der Waals surface area contributed by atoms with Crippen molar-refractivity contribution in [2.75, 3.05) is 7.11 Å². The first-order chi connectivity index (χ1) is 15.5. The molecule has 1 atom stereocenters. The Morgan fingerprint density at radius 3 is 2.44 bits per heavy atom. The summed E-state index contributed by atoms with van der Waals surface area (Å²) in [6.45, 7) is 2.12. The Morgan fingerprint density at radius 2 is 1.69 bits per heavy atom. The van der Waals surface area contributed by atoms with Gasteiger partial charge in [0.1, 0.15) is 23.9 Å². The Morgan fingerprint density at radius 1 is 0.938 bits per heavy atom. The highest BCUT2D eigenvalue weighted by Gasteiger charge is 2.14. The van der Waals surface area contributed by atoms with Crippen LogP contribution < -0.4 is 14.8 Å². The number of benzene rings is 4. The van der Waals surface area contributed by atoms with Crippen LogP contribution in [0.1, 0.15) is 34.5 Å². The van der Waals surface area contributed by atoms with Gasteiger partial charge in [-0.25, -0.2) is 4.39 Å². The molecule has 4 nitrogen and oxygen atoms in total. The number of hydrogen-bond donors (Lipinski definition) is 1. The van der Waals surface area contributed by atoms with Crippen molar-refractivity contribution in [2.24, 2.45) is 0 Å². The molecule has 0 aliphatic rings. The molecule has 4 aromatic rings. The zero-order valence-corrected chi connectivity index (χ0v) is 18.0. The maximum atomic E-state index is 13.2. The maximum absolute atomic E-state index is 13.2. The maximum Gasteiger partial charge on any atom is 0.251 e. The van der Waals surface area contributed by atoms with Gasteiger partial charge in [0.05, 0.1) is 13.2 Å². The number of methoxy groups -OCH3 is 1. The standard InChI is InChI=1S/C27H24FNO3/c1-18(19-7-11-24(28)12-8-19)29-27(30)22-10-14-26(31-2)23(15-22)17-32-25-13-9-20-5-3-4-6-21(20)16-25/h3-16,18H,17H2,1-2H3,(H,29,30)/t18-/m1/s1. The molecular weight excluding hydrogens is 405 g/mol. The number of ether oxygens (including phenoxy) is 2. The molecule has 0 saturated carbocycles. The van der Waals surface area contributed by atoms with Gasteiger partial charge in [0.15, 0.2) is 0 Å². The molecule has 0 fully saturated rings. The van der Waals surface area contributed by atoms with E-state index in [1.54, 1.807) is 37.4 Å². The van der Waals surface area contributed by atoms with Gasteiger partial charge in [-0.2, -0.15) is 0 Å². The van der Waals surface area contributed by atoms with Crippen molar-refractivity contribution in [2.45, 2.75) is 19.6 Å². The molecule has 0 aromatic heterocycles. The van der Waals surface area contributed by atoms with Crippen LogP contribution in [0.5, 0.6) is 11.5 Å². The largest absolute Gasteiger partial charge is 0.496 e. The Hall–Kier alpha value is -3.86. The minimum atomic E-state index is -0.307. The van der Waals surface area contributed by atoms with Crippen LogP contribution in [0.2, 0.25) is 0 Å². The molecule has 32 heavy (non-hydrogen) atoms. The monoisotopic (exact) mass is 429 g/mol. The molecule has 0 heterocycles. The molecule has 0 unspecified atom stereocenters. The first-order valence-electron chi connectivity index (χ1n) is 10.4. The third-order valence-electron chi connectivity index (χ3n) is 5.38. The third kappa shape index (κ3) is 4.89. The highest BCUT2D eigenvalue weighted by atomic mass is 19.1. The number of carbonyl (C=O) groups is 1. The number of hydrogen-bond acceptors (Lipinski definition) is 3. The quantitative estimate of drug-likeness (QED) is 0.389. The summed E-state index contributed by atoms with van der Waals surface area (Å²) in [5.41, 5.74) is 2.09. The number of carbonyl (C=O) groups excluding carboxylic acids is 1. The lowest BCUT2D eigenvalue weighted by Crippen LogP contribution is -2.26. The summed E-state index contributed by atoms with van der Waals surface area (Å²) >= 11 is 0. The van der Waals surface area contributed by atoms with E-state index in [1.807, 2.05) is 43.3 Å². The fourth-order valence-corrected chi connectivity index (χ4v) is 3.57. The first-order valence-corrected chi connectivity index (χ1v) is 10.4. The van der Waals surface area contributed by atoms with Crippen molar-refractivity contribution in [1.29, 1.82) is 0 Å². The van der Waals surface area contributed by atoms with Gasteiger partial charge in [-0.1, -0.05) is 42.5 Å².